The van der Waals surface area contributed by atoms with Crippen LogP contribution in [0.1, 0.15) is 19.4 Å². The Kier molecular flexibility index (Phi) is 7.30. The average molecular weight is 250 g/mol. The van der Waals surface area contributed by atoms with E-state index in [0.29, 0.717) is 25.6 Å². The van der Waals surface area contributed by atoms with Gasteiger partial charge >= 0.3 is 0 Å². The molecule has 0 amide bonds. The molecule has 18 heavy (non-hydrogen) atoms. The van der Waals surface area contributed by atoms with Crippen molar-refractivity contribution >= 4 is 5.78 Å². The highest BCUT2D eigenvalue weighted by Crippen LogP contribution is 2.00. The monoisotopic (exact) mass is 250 g/mol. The van der Waals surface area contributed by atoms with Crippen LogP contribution in [-0.4, -0.2) is 32.2 Å². The number of hydrogen-bond donors (Lipinski definition) is 0. The van der Waals surface area contributed by atoms with E-state index in [-0.39, 0.29) is 12.4 Å². The minimum Gasteiger partial charge on any atom is -0.379 e. The van der Waals surface area contributed by atoms with E-state index >= 15 is 0 Å². The van der Waals surface area contributed by atoms with Crippen molar-refractivity contribution in [1.82, 2.24) is 0 Å². The third-order valence-electron chi connectivity index (χ3n) is 2.33. The summed E-state index contributed by atoms with van der Waals surface area (Å²) in [5, 5.41) is 0. The molecule has 0 aliphatic heterocycles. The van der Waals surface area contributed by atoms with E-state index in [9.17, 15) is 4.79 Å². The van der Waals surface area contributed by atoms with Crippen LogP contribution in [-0.2, 0) is 20.7 Å². The van der Waals surface area contributed by atoms with Crippen LogP contribution in [0.25, 0.3) is 0 Å². The van der Waals surface area contributed by atoms with Crippen LogP contribution in [0.15, 0.2) is 30.3 Å². The molecule has 0 radical (unpaired) electrons. The summed E-state index contributed by atoms with van der Waals surface area (Å²) < 4.78 is 10.6. The van der Waals surface area contributed by atoms with Gasteiger partial charge < -0.3 is 9.47 Å². The van der Waals surface area contributed by atoms with Gasteiger partial charge in [0.1, 0.15) is 6.61 Å². The molecule has 100 valence electrons. The molecule has 3 nitrogen and oxygen atoms in total. The van der Waals surface area contributed by atoms with Crippen molar-refractivity contribution in [2.24, 2.45) is 5.92 Å². The van der Waals surface area contributed by atoms with E-state index in [4.69, 9.17) is 9.47 Å². The first-order valence-electron chi connectivity index (χ1n) is 6.39. The van der Waals surface area contributed by atoms with Crippen molar-refractivity contribution < 1.29 is 14.3 Å². The predicted molar refractivity (Wildman–Crippen MR) is 71.6 cm³/mol. The molecule has 0 heterocycles. The van der Waals surface area contributed by atoms with Crippen LogP contribution in [0.4, 0.5) is 0 Å². The summed E-state index contributed by atoms with van der Waals surface area (Å²) in [4.78, 5) is 11.6. The van der Waals surface area contributed by atoms with Crippen LogP contribution in [0.5, 0.6) is 0 Å². The maximum Gasteiger partial charge on any atom is 0.162 e. The van der Waals surface area contributed by atoms with Gasteiger partial charge in [0.2, 0.25) is 0 Å². The van der Waals surface area contributed by atoms with Gasteiger partial charge in [-0.05, 0) is 11.5 Å². The highest BCUT2D eigenvalue weighted by Gasteiger charge is 2.03. The van der Waals surface area contributed by atoms with Gasteiger partial charge in [0.25, 0.3) is 0 Å². The van der Waals surface area contributed by atoms with Gasteiger partial charge in [0.05, 0.1) is 13.2 Å². The summed E-state index contributed by atoms with van der Waals surface area (Å²) in [7, 11) is 0. The number of Topliss-reactive ketones (excluding diaryl/α,β-unsaturated/α-hetero) is 1. The van der Waals surface area contributed by atoms with Crippen molar-refractivity contribution in [3.63, 3.8) is 0 Å². The lowest BCUT2D eigenvalue weighted by Gasteiger charge is -2.07. The largest absolute Gasteiger partial charge is 0.379 e. The van der Waals surface area contributed by atoms with E-state index < -0.39 is 0 Å². The number of ketones is 1. The molecule has 3 heteroatoms. The molecule has 0 bridgehead atoms. The lowest BCUT2D eigenvalue weighted by molar-refractivity contribution is -0.123. The normalized spacial score (nSPS) is 10.8. The van der Waals surface area contributed by atoms with E-state index in [2.05, 4.69) is 13.8 Å². The number of hydrogen-bond acceptors (Lipinski definition) is 3. The molecule has 0 N–H and O–H groups in total. The minimum absolute atomic E-state index is 0.102. The highest BCUT2D eigenvalue weighted by atomic mass is 16.5. The number of ether oxygens (including phenoxy) is 2. The summed E-state index contributed by atoms with van der Waals surface area (Å²) in [6, 6.07) is 9.70. The van der Waals surface area contributed by atoms with Crippen molar-refractivity contribution in [3.8, 4) is 0 Å². The Morgan fingerprint density at radius 1 is 1.11 bits per heavy atom. The van der Waals surface area contributed by atoms with E-state index in [1.54, 1.807) is 0 Å². The second-order valence-corrected chi connectivity index (χ2v) is 4.72. The van der Waals surface area contributed by atoms with E-state index in [0.717, 1.165) is 12.2 Å². The fourth-order valence-electron chi connectivity index (χ4n) is 1.50. The zero-order valence-corrected chi connectivity index (χ0v) is 11.2. The standard InChI is InChI=1S/C15H22O3/c1-13(2)11-17-8-9-18-12-15(16)10-14-6-4-3-5-7-14/h3-7,13H,8-12H2,1-2H3. The summed E-state index contributed by atoms with van der Waals surface area (Å²) in [6.07, 6.45) is 0.438. The first-order chi connectivity index (χ1) is 8.68. The number of rotatable bonds is 9. The fraction of sp³-hybridized carbons (Fsp3) is 0.533. The third kappa shape index (κ3) is 7.20. The molecule has 0 atom stereocenters. The van der Waals surface area contributed by atoms with Gasteiger partial charge in [-0.1, -0.05) is 44.2 Å². The lowest BCUT2D eigenvalue weighted by atomic mass is 10.1. The minimum atomic E-state index is 0.102. The number of carbonyl (C=O) groups excluding carboxylic acids is 1. The molecule has 0 spiro atoms. The van der Waals surface area contributed by atoms with Crippen molar-refractivity contribution in [2.75, 3.05) is 26.4 Å². The van der Waals surface area contributed by atoms with Gasteiger partial charge in [-0.2, -0.15) is 0 Å². The predicted octanol–water partition coefficient (Wildman–Crippen LogP) is 2.49. The van der Waals surface area contributed by atoms with Crippen molar-refractivity contribution in [1.29, 1.82) is 0 Å². The summed E-state index contributed by atoms with van der Waals surface area (Å²) >= 11 is 0. The van der Waals surface area contributed by atoms with Crippen molar-refractivity contribution in [3.05, 3.63) is 35.9 Å². The Morgan fingerprint density at radius 3 is 2.44 bits per heavy atom. The number of carbonyl (C=O) groups is 1. The van der Waals surface area contributed by atoms with E-state index in [1.807, 2.05) is 30.3 Å². The first-order valence-corrected chi connectivity index (χ1v) is 6.39. The van der Waals surface area contributed by atoms with Gasteiger partial charge in [-0.25, -0.2) is 0 Å². The lowest BCUT2D eigenvalue weighted by Crippen LogP contribution is -2.15. The Bertz CT molecular complexity index is 333. The molecule has 0 aliphatic rings. The maximum absolute atomic E-state index is 11.6. The maximum atomic E-state index is 11.6. The Balaban J connectivity index is 2.04. The molecule has 0 aromatic heterocycles. The van der Waals surface area contributed by atoms with Crippen LogP contribution >= 0.6 is 0 Å². The molecule has 0 saturated heterocycles. The van der Waals surface area contributed by atoms with Crippen LogP contribution in [0, 0.1) is 5.92 Å². The molecule has 0 saturated carbocycles. The Morgan fingerprint density at radius 2 is 1.78 bits per heavy atom. The summed E-state index contributed by atoms with van der Waals surface area (Å²) in [5.41, 5.74) is 1.03. The smallest absolute Gasteiger partial charge is 0.162 e. The summed E-state index contributed by atoms with van der Waals surface area (Å²) in [6.45, 7) is 6.14. The Labute approximate surface area is 109 Å². The van der Waals surface area contributed by atoms with Gasteiger partial charge in [-0.3, -0.25) is 4.79 Å². The zero-order chi connectivity index (χ0) is 13.2. The molecule has 1 rings (SSSR count). The zero-order valence-electron chi connectivity index (χ0n) is 11.2. The second-order valence-electron chi connectivity index (χ2n) is 4.72. The summed E-state index contributed by atoms with van der Waals surface area (Å²) in [5.74, 6) is 0.634. The quantitative estimate of drug-likeness (QED) is 0.632. The molecule has 1 aromatic rings. The van der Waals surface area contributed by atoms with Crippen LogP contribution in [0.2, 0.25) is 0 Å². The molecular weight excluding hydrogens is 228 g/mol. The third-order valence-corrected chi connectivity index (χ3v) is 2.33. The molecule has 0 unspecified atom stereocenters. The van der Waals surface area contributed by atoms with E-state index in [1.165, 1.54) is 0 Å². The van der Waals surface area contributed by atoms with Gasteiger partial charge in [0.15, 0.2) is 5.78 Å². The van der Waals surface area contributed by atoms with Crippen LogP contribution in [0.3, 0.4) is 0 Å². The average Bonchev–Trinajstić information content (AvgIpc) is 2.34. The molecular formula is C15H22O3. The van der Waals surface area contributed by atoms with Crippen LogP contribution < -0.4 is 0 Å². The SMILES string of the molecule is CC(C)COCCOCC(=O)Cc1ccccc1. The molecule has 1 aromatic carbocycles. The topological polar surface area (TPSA) is 35.5 Å². The van der Waals surface area contributed by atoms with Crippen molar-refractivity contribution in [2.45, 2.75) is 20.3 Å². The Hall–Kier alpha value is -1.19. The molecule has 0 fully saturated rings. The fourth-order valence-corrected chi connectivity index (χ4v) is 1.50. The van der Waals surface area contributed by atoms with Gasteiger partial charge in [-0.15, -0.1) is 0 Å². The van der Waals surface area contributed by atoms with Gasteiger partial charge in [0, 0.05) is 13.0 Å². The second kappa shape index (κ2) is 8.84. The molecule has 0 aliphatic carbocycles. The number of benzene rings is 1. The highest BCUT2D eigenvalue weighted by molar-refractivity contribution is 5.81. The first kappa shape index (κ1) is 14.9.